The molecule has 1 aliphatic heterocycles. The number of para-hydroxylation sites is 1. The highest BCUT2D eigenvalue weighted by Gasteiger charge is 2.11. The molecule has 2 nitrogen and oxygen atoms in total. The summed E-state index contributed by atoms with van der Waals surface area (Å²) in [6, 6.07) is 12.7. The standard InChI is InChI=1S/C16H15FO2/c17-14-3-1-2-4-16(14)19-9-7-12-5-6-15-13(11-12)8-10-18-15/h1-6,11H,7-10H2. The van der Waals surface area contributed by atoms with Crippen molar-refractivity contribution in [3.05, 3.63) is 59.4 Å². The molecule has 0 aliphatic carbocycles. The Morgan fingerprint density at radius 2 is 2.05 bits per heavy atom. The van der Waals surface area contributed by atoms with Gasteiger partial charge in [-0.3, -0.25) is 0 Å². The third kappa shape index (κ3) is 2.70. The summed E-state index contributed by atoms with van der Waals surface area (Å²) in [6.07, 6.45) is 1.74. The lowest BCUT2D eigenvalue weighted by Crippen LogP contribution is -2.02. The van der Waals surface area contributed by atoms with Crippen molar-refractivity contribution in [3.63, 3.8) is 0 Å². The topological polar surface area (TPSA) is 18.5 Å². The molecule has 3 heteroatoms. The van der Waals surface area contributed by atoms with E-state index in [0.717, 1.165) is 25.2 Å². The van der Waals surface area contributed by atoms with Crippen LogP contribution >= 0.6 is 0 Å². The zero-order chi connectivity index (χ0) is 13.1. The van der Waals surface area contributed by atoms with Crippen LogP contribution in [0.2, 0.25) is 0 Å². The van der Waals surface area contributed by atoms with E-state index in [2.05, 4.69) is 6.07 Å². The summed E-state index contributed by atoms with van der Waals surface area (Å²) in [5.74, 6) is 0.982. The van der Waals surface area contributed by atoms with E-state index in [9.17, 15) is 4.39 Å². The number of hydrogen-bond acceptors (Lipinski definition) is 2. The van der Waals surface area contributed by atoms with Crippen LogP contribution in [0, 0.1) is 5.82 Å². The molecule has 0 fully saturated rings. The molecule has 0 saturated carbocycles. The molecular formula is C16H15FO2. The zero-order valence-corrected chi connectivity index (χ0v) is 10.6. The average Bonchev–Trinajstić information content (AvgIpc) is 2.88. The Morgan fingerprint density at radius 3 is 2.95 bits per heavy atom. The van der Waals surface area contributed by atoms with Crippen LogP contribution in [0.15, 0.2) is 42.5 Å². The van der Waals surface area contributed by atoms with Gasteiger partial charge in [0.2, 0.25) is 0 Å². The largest absolute Gasteiger partial charge is 0.493 e. The highest BCUT2D eigenvalue weighted by molar-refractivity contribution is 5.39. The molecule has 0 amide bonds. The summed E-state index contributed by atoms with van der Waals surface area (Å²) in [4.78, 5) is 0. The van der Waals surface area contributed by atoms with Crippen molar-refractivity contribution < 1.29 is 13.9 Å². The van der Waals surface area contributed by atoms with Crippen LogP contribution in [-0.2, 0) is 12.8 Å². The molecular weight excluding hydrogens is 243 g/mol. The fourth-order valence-corrected chi connectivity index (χ4v) is 2.24. The second-order valence-corrected chi connectivity index (χ2v) is 4.57. The molecule has 1 aliphatic rings. The molecule has 0 atom stereocenters. The molecule has 2 aromatic carbocycles. The number of hydrogen-bond donors (Lipinski definition) is 0. The predicted molar refractivity (Wildman–Crippen MR) is 71.2 cm³/mol. The number of ether oxygens (including phenoxy) is 2. The molecule has 98 valence electrons. The third-order valence-electron chi connectivity index (χ3n) is 3.24. The summed E-state index contributed by atoms with van der Waals surface area (Å²) >= 11 is 0. The molecule has 0 aromatic heterocycles. The fraction of sp³-hybridized carbons (Fsp3) is 0.250. The van der Waals surface area contributed by atoms with Crippen LogP contribution in [0.5, 0.6) is 11.5 Å². The summed E-state index contributed by atoms with van der Waals surface area (Å²) in [6.45, 7) is 1.24. The van der Waals surface area contributed by atoms with E-state index in [4.69, 9.17) is 9.47 Å². The molecule has 1 heterocycles. The van der Waals surface area contributed by atoms with Gasteiger partial charge in [-0.2, -0.15) is 0 Å². The highest BCUT2D eigenvalue weighted by atomic mass is 19.1. The maximum Gasteiger partial charge on any atom is 0.165 e. The molecule has 0 N–H and O–H groups in total. The minimum Gasteiger partial charge on any atom is -0.493 e. The molecule has 0 spiro atoms. The Kier molecular flexibility index (Phi) is 3.36. The molecule has 3 rings (SSSR count). The first-order valence-electron chi connectivity index (χ1n) is 6.45. The highest BCUT2D eigenvalue weighted by Crippen LogP contribution is 2.26. The molecule has 0 radical (unpaired) electrons. The molecule has 0 bridgehead atoms. The van der Waals surface area contributed by atoms with Crippen LogP contribution in [0.1, 0.15) is 11.1 Å². The van der Waals surface area contributed by atoms with Crippen molar-refractivity contribution in [3.8, 4) is 11.5 Å². The van der Waals surface area contributed by atoms with Crippen LogP contribution in [-0.4, -0.2) is 13.2 Å². The number of benzene rings is 2. The Hall–Kier alpha value is -2.03. The lowest BCUT2D eigenvalue weighted by atomic mass is 10.1. The first-order chi connectivity index (χ1) is 9.33. The van der Waals surface area contributed by atoms with E-state index < -0.39 is 0 Å². The van der Waals surface area contributed by atoms with Gasteiger partial charge in [-0.15, -0.1) is 0 Å². The quantitative estimate of drug-likeness (QED) is 0.837. The van der Waals surface area contributed by atoms with Crippen LogP contribution in [0.3, 0.4) is 0 Å². The van der Waals surface area contributed by atoms with E-state index in [1.807, 2.05) is 12.1 Å². The second kappa shape index (κ2) is 5.31. The first kappa shape index (κ1) is 12.0. The van der Waals surface area contributed by atoms with E-state index in [0.29, 0.717) is 12.4 Å². The van der Waals surface area contributed by atoms with Gasteiger partial charge < -0.3 is 9.47 Å². The maximum atomic E-state index is 13.4. The number of rotatable bonds is 4. The average molecular weight is 258 g/mol. The van der Waals surface area contributed by atoms with Gasteiger partial charge in [-0.25, -0.2) is 4.39 Å². The summed E-state index contributed by atoms with van der Waals surface area (Å²) in [5, 5.41) is 0. The third-order valence-corrected chi connectivity index (χ3v) is 3.24. The number of halogens is 1. The second-order valence-electron chi connectivity index (χ2n) is 4.57. The van der Waals surface area contributed by atoms with E-state index >= 15 is 0 Å². The van der Waals surface area contributed by atoms with Gasteiger partial charge in [0.05, 0.1) is 13.2 Å². The van der Waals surface area contributed by atoms with Gasteiger partial charge in [0, 0.05) is 12.8 Å². The summed E-state index contributed by atoms with van der Waals surface area (Å²) in [7, 11) is 0. The summed E-state index contributed by atoms with van der Waals surface area (Å²) < 4.78 is 24.3. The van der Waals surface area contributed by atoms with E-state index in [1.165, 1.54) is 17.2 Å². The van der Waals surface area contributed by atoms with Gasteiger partial charge in [-0.05, 0) is 29.3 Å². The van der Waals surface area contributed by atoms with Gasteiger partial charge in [0.25, 0.3) is 0 Å². The zero-order valence-electron chi connectivity index (χ0n) is 10.6. The van der Waals surface area contributed by atoms with Gasteiger partial charge >= 0.3 is 0 Å². The Morgan fingerprint density at radius 1 is 1.16 bits per heavy atom. The lowest BCUT2D eigenvalue weighted by molar-refractivity contribution is 0.305. The monoisotopic (exact) mass is 258 g/mol. The Balaban J connectivity index is 1.59. The molecule has 0 saturated heterocycles. The maximum absolute atomic E-state index is 13.4. The Bertz CT molecular complexity index is 581. The number of fused-ring (bicyclic) bond motifs is 1. The van der Waals surface area contributed by atoms with Crippen molar-refractivity contribution in [2.24, 2.45) is 0 Å². The van der Waals surface area contributed by atoms with Crippen molar-refractivity contribution in [1.82, 2.24) is 0 Å². The van der Waals surface area contributed by atoms with Crippen LogP contribution in [0.25, 0.3) is 0 Å². The smallest absolute Gasteiger partial charge is 0.165 e. The van der Waals surface area contributed by atoms with Gasteiger partial charge in [0.15, 0.2) is 11.6 Å². The van der Waals surface area contributed by atoms with Crippen molar-refractivity contribution in [2.75, 3.05) is 13.2 Å². The van der Waals surface area contributed by atoms with Crippen molar-refractivity contribution in [2.45, 2.75) is 12.8 Å². The minimum atomic E-state index is -0.315. The lowest BCUT2D eigenvalue weighted by Gasteiger charge is -2.08. The molecule has 19 heavy (non-hydrogen) atoms. The van der Waals surface area contributed by atoms with E-state index in [-0.39, 0.29) is 5.82 Å². The Labute approximate surface area is 111 Å². The fourth-order valence-electron chi connectivity index (χ4n) is 2.24. The van der Waals surface area contributed by atoms with E-state index in [1.54, 1.807) is 18.2 Å². The first-order valence-corrected chi connectivity index (χ1v) is 6.45. The summed E-state index contributed by atoms with van der Waals surface area (Å²) in [5.41, 5.74) is 2.45. The normalized spacial score (nSPS) is 12.9. The van der Waals surface area contributed by atoms with Crippen molar-refractivity contribution >= 4 is 0 Å². The predicted octanol–water partition coefficient (Wildman–Crippen LogP) is 3.38. The SMILES string of the molecule is Fc1ccccc1OCCc1ccc2c(c1)CCO2. The van der Waals surface area contributed by atoms with Crippen LogP contribution in [0.4, 0.5) is 4.39 Å². The van der Waals surface area contributed by atoms with Gasteiger partial charge in [-0.1, -0.05) is 24.3 Å². The van der Waals surface area contributed by atoms with Crippen molar-refractivity contribution in [1.29, 1.82) is 0 Å². The molecule has 2 aromatic rings. The molecule has 0 unspecified atom stereocenters. The van der Waals surface area contributed by atoms with Gasteiger partial charge in [0.1, 0.15) is 5.75 Å². The van der Waals surface area contributed by atoms with Crippen LogP contribution < -0.4 is 9.47 Å². The minimum absolute atomic E-state index is 0.312.